The average molecular weight is 333 g/mol. The van der Waals surface area contributed by atoms with Crippen molar-refractivity contribution >= 4 is 21.4 Å². The molecule has 0 aromatic carbocycles. The van der Waals surface area contributed by atoms with Gasteiger partial charge in [-0.2, -0.15) is 0 Å². The molecule has 1 heterocycles. The van der Waals surface area contributed by atoms with Gasteiger partial charge in [-0.1, -0.05) is 40.5 Å². The Bertz CT molecular complexity index is 505. The maximum absolute atomic E-state index is 12.2. The zero-order valence-corrected chi connectivity index (χ0v) is 15.1. The quantitative estimate of drug-likeness (QED) is 0.692. The largest absolute Gasteiger partial charge is 0.314 e. The molecule has 4 nitrogen and oxygen atoms in total. The lowest BCUT2D eigenvalue weighted by Gasteiger charge is -2.12. The van der Waals surface area contributed by atoms with E-state index in [0.717, 1.165) is 30.7 Å². The molecule has 0 aliphatic heterocycles. The molecule has 0 radical (unpaired) electrons. The lowest BCUT2D eigenvalue weighted by atomic mass is 10.0. The molecular weight excluding hydrogens is 304 g/mol. The molecule has 0 aliphatic carbocycles. The molecule has 0 amide bonds. The molecule has 1 aromatic rings. The summed E-state index contributed by atoms with van der Waals surface area (Å²) >= 11 is 1.37. The summed E-state index contributed by atoms with van der Waals surface area (Å²) in [5, 5.41) is 3.34. The lowest BCUT2D eigenvalue weighted by Crippen LogP contribution is -2.28. The topological polar surface area (TPSA) is 58.2 Å². The number of hydrogen-bond acceptors (Lipinski definition) is 4. The first-order valence-corrected chi connectivity index (χ1v) is 10.0. The summed E-state index contributed by atoms with van der Waals surface area (Å²) in [5.74, 6) is 0.412. The fraction of sp³-hybridized carbons (Fsp3) is 0.733. The fourth-order valence-electron chi connectivity index (χ4n) is 2.00. The van der Waals surface area contributed by atoms with Gasteiger partial charge in [-0.15, -0.1) is 11.3 Å². The maximum atomic E-state index is 12.2. The van der Waals surface area contributed by atoms with Crippen LogP contribution in [0.4, 0.5) is 0 Å². The molecule has 21 heavy (non-hydrogen) atoms. The first kappa shape index (κ1) is 18.6. The molecule has 0 saturated carbocycles. The highest BCUT2D eigenvalue weighted by Crippen LogP contribution is 2.22. The Morgan fingerprint density at radius 3 is 2.43 bits per heavy atom. The normalized spacial score (nSPS) is 12.5. The average Bonchev–Trinajstić information content (AvgIpc) is 2.89. The fourth-order valence-corrected chi connectivity index (χ4v) is 4.51. The number of rotatable bonds is 10. The van der Waals surface area contributed by atoms with Crippen molar-refractivity contribution in [2.75, 3.05) is 13.1 Å². The van der Waals surface area contributed by atoms with E-state index >= 15 is 0 Å². The summed E-state index contributed by atoms with van der Waals surface area (Å²) in [5.41, 5.74) is 0. The third-order valence-corrected chi connectivity index (χ3v) is 6.60. The predicted octanol–water partition coefficient (Wildman–Crippen LogP) is 3.00. The summed E-state index contributed by atoms with van der Waals surface area (Å²) in [6, 6.07) is 4.08. The van der Waals surface area contributed by atoms with E-state index in [2.05, 4.69) is 37.7 Å². The second-order valence-corrected chi connectivity index (χ2v) is 8.78. The second-order valence-electron chi connectivity index (χ2n) is 5.61. The molecule has 0 unspecified atom stereocenters. The van der Waals surface area contributed by atoms with E-state index in [4.69, 9.17) is 0 Å². The molecule has 0 atom stereocenters. The Kier molecular flexibility index (Phi) is 7.87. The molecule has 2 N–H and O–H groups in total. The van der Waals surface area contributed by atoms with E-state index in [-0.39, 0.29) is 0 Å². The first-order valence-electron chi connectivity index (χ1n) is 7.70. The Morgan fingerprint density at radius 1 is 1.19 bits per heavy atom. The molecule has 0 spiro atoms. The van der Waals surface area contributed by atoms with Gasteiger partial charge in [0.1, 0.15) is 4.21 Å². The van der Waals surface area contributed by atoms with Gasteiger partial charge in [0.05, 0.1) is 0 Å². The minimum atomic E-state index is -3.35. The third kappa shape index (κ3) is 6.46. The van der Waals surface area contributed by atoms with Crippen molar-refractivity contribution in [1.82, 2.24) is 10.0 Å². The van der Waals surface area contributed by atoms with E-state index in [0.29, 0.717) is 22.7 Å². The predicted molar refractivity (Wildman–Crippen MR) is 90.4 cm³/mol. The van der Waals surface area contributed by atoms with Crippen LogP contribution in [0.15, 0.2) is 16.3 Å². The van der Waals surface area contributed by atoms with Crippen LogP contribution in [-0.4, -0.2) is 27.5 Å². The van der Waals surface area contributed by atoms with Gasteiger partial charge in [0.15, 0.2) is 0 Å². The first-order chi connectivity index (χ1) is 9.89. The van der Waals surface area contributed by atoms with Crippen LogP contribution in [0.25, 0.3) is 0 Å². The summed E-state index contributed by atoms with van der Waals surface area (Å²) in [6.07, 6.45) is 2.86. The molecule has 0 aliphatic rings. The number of thiophene rings is 1. The van der Waals surface area contributed by atoms with Crippen LogP contribution in [0.3, 0.4) is 0 Å². The van der Waals surface area contributed by atoms with Crippen molar-refractivity contribution < 1.29 is 8.42 Å². The number of nitrogens with one attached hydrogen (secondary N) is 2. The van der Waals surface area contributed by atoms with Gasteiger partial charge in [0.25, 0.3) is 0 Å². The zero-order valence-electron chi connectivity index (χ0n) is 13.5. The summed E-state index contributed by atoms with van der Waals surface area (Å²) in [4.78, 5) is 1.10. The molecule has 6 heteroatoms. The maximum Gasteiger partial charge on any atom is 0.250 e. The Hall–Kier alpha value is -0.430. The van der Waals surface area contributed by atoms with Gasteiger partial charge >= 0.3 is 0 Å². The highest BCUT2D eigenvalue weighted by Gasteiger charge is 2.17. The number of sulfonamides is 1. The Morgan fingerprint density at radius 2 is 1.86 bits per heavy atom. The van der Waals surface area contributed by atoms with Gasteiger partial charge in [-0.3, -0.25) is 0 Å². The molecule has 1 rings (SSSR count). The van der Waals surface area contributed by atoms with Crippen molar-refractivity contribution in [3.63, 3.8) is 0 Å². The Labute approximate surface area is 133 Å². The molecule has 0 bridgehead atoms. The van der Waals surface area contributed by atoms with E-state index in [1.54, 1.807) is 6.07 Å². The van der Waals surface area contributed by atoms with Crippen LogP contribution in [0.2, 0.25) is 0 Å². The monoisotopic (exact) mass is 332 g/mol. The van der Waals surface area contributed by atoms with E-state index < -0.39 is 10.0 Å². The molecule has 1 aromatic heterocycles. The van der Waals surface area contributed by atoms with Gasteiger partial charge in [-0.25, -0.2) is 13.1 Å². The van der Waals surface area contributed by atoms with Crippen molar-refractivity contribution in [3.05, 3.63) is 17.0 Å². The van der Waals surface area contributed by atoms with Crippen molar-refractivity contribution in [2.24, 2.45) is 5.92 Å². The standard InChI is InChI=1S/C15H28N2O2S2/c1-5-13(6-2)11-17-21(18,19)15-8-7-14(20-15)9-10-16-12(3)4/h7-8,12-13,16-17H,5-6,9-11H2,1-4H3. The smallest absolute Gasteiger partial charge is 0.250 e. The number of hydrogen-bond donors (Lipinski definition) is 2. The zero-order chi connectivity index (χ0) is 15.9. The molecule has 0 fully saturated rings. The van der Waals surface area contributed by atoms with Gasteiger partial charge in [0.2, 0.25) is 10.0 Å². The second kappa shape index (κ2) is 8.88. The molecular formula is C15H28N2O2S2. The van der Waals surface area contributed by atoms with Crippen LogP contribution >= 0.6 is 11.3 Å². The van der Waals surface area contributed by atoms with E-state index in [9.17, 15) is 8.42 Å². The van der Waals surface area contributed by atoms with Gasteiger partial charge in [0, 0.05) is 24.0 Å². The summed E-state index contributed by atoms with van der Waals surface area (Å²) in [7, 11) is -3.35. The third-order valence-electron chi connectivity index (χ3n) is 3.54. The highest BCUT2D eigenvalue weighted by atomic mass is 32.2. The van der Waals surface area contributed by atoms with E-state index in [1.165, 1.54) is 11.3 Å². The minimum Gasteiger partial charge on any atom is -0.314 e. The van der Waals surface area contributed by atoms with Crippen molar-refractivity contribution in [3.8, 4) is 0 Å². The summed E-state index contributed by atoms with van der Waals surface area (Å²) < 4.78 is 27.7. The lowest BCUT2D eigenvalue weighted by molar-refractivity contribution is 0.479. The minimum absolute atomic E-state index is 0.412. The van der Waals surface area contributed by atoms with Crippen molar-refractivity contribution in [2.45, 2.75) is 57.2 Å². The summed E-state index contributed by atoms with van der Waals surface area (Å²) in [6.45, 7) is 9.79. The van der Waals surface area contributed by atoms with Gasteiger partial charge < -0.3 is 5.32 Å². The van der Waals surface area contributed by atoms with Crippen LogP contribution in [0.1, 0.15) is 45.4 Å². The molecule has 0 saturated heterocycles. The highest BCUT2D eigenvalue weighted by molar-refractivity contribution is 7.91. The van der Waals surface area contributed by atoms with Crippen LogP contribution in [0.5, 0.6) is 0 Å². The van der Waals surface area contributed by atoms with Crippen LogP contribution in [-0.2, 0) is 16.4 Å². The van der Waals surface area contributed by atoms with E-state index in [1.807, 2.05) is 6.07 Å². The SMILES string of the molecule is CCC(CC)CNS(=O)(=O)c1ccc(CCNC(C)C)s1. The Balaban J connectivity index is 2.57. The molecule has 122 valence electrons. The van der Waals surface area contributed by atoms with Crippen LogP contribution < -0.4 is 10.0 Å². The van der Waals surface area contributed by atoms with Crippen LogP contribution in [0, 0.1) is 5.92 Å². The van der Waals surface area contributed by atoms with Crippen molar-refractivity contribution in [1.29, 1.82) is 0 Å². The van der Waals surface area contributed by atoms with Gasteiger partial charge in [-0.05, 0) is 24.5 Å².